The first-order chi connectivity index (χ1) is 8.31. The Morgan fingerprint density at radius 1 is 1.47 bits per heavy atom. The van der Waals surface area contributed by atoms with Gasteiger partial charge in [0.25, 0.3) is 0 Å². The molecule has 17 heavy (non-hydrogen) atoms. The lowest BCUT2D eigenvalue weighted by atomic mass is 9.97. The van der Waals surface area contributed by atoms with Gasteiger partial charge < -0.3 is 15.0 Å². The normalized spacial score (nSPS) is 24.4. The van der Waals surface area contributed by atoms with Crippen LogP contribution in [0.3, 0.4) is 0 Å². The van der Waals surface area contributed by atoms with E-state index >= 15 is 0 Å². The Kier molecular flexibility index (Phi) is 4.57. The first-order valence-corrected chi connectivity index (χ1v) is 6.60. The van der Waals surface area contributed by atoms with Crippen molar-refractivity contribution in [3.05, 3.63) is 18.2 Å². The van der Waals surface area contributed by atoms with Crippen LogP contribution in [0.15, 0.2) is 12.4 Å². The van der Waals surface area contributed by atoms with Crippen molar-refractivity contribution in [2.24, 2.45) is 11.8 Å². The Balaban J connectivity index is 1.65. The van der Waals surface area contributed by atoms with Crippen LogP contribution >= 0.6 is 0 Å². The number of aliphatic hydroxyl groups is 1. The predicted octanol–water partition coefficient (Wildman–Crippen LogP) is 1.19. The molecule has 4 heteroatoms. The van der Waals surface area contributed by atoms with Gasteiger partial charge in [-0.1, -0.05) is 6.42 Å². The number of nitrogens with zero attached hydrogens (tertiary/aromatic N) is 2. The van der Waals surface area contributed by atoms with Gasteiger partial charge >= 0.3 is 0 Å². The molecule has 0 aliphatic heterocycles. The van der Waals surface area contributed by atoms with E-state index < -0.39 is 0 Å². The molecule has 0 amide bonds. The fourth-order valence-corrected chi connectivity index (χ4v) is 2.75. The summed E-state index contributed by atoms with van der Waals surface area (Å²) in [5.41, 5.74) is 0. The van der Waals surface area contributed by atoms with Crippen LogP contribution in [0.2, 0.25) is 0 Å². The second-order valence-electron chi connectivity index (χ2n) is 5.01. The van der Waals surface area contributed by atoms with E-state index in [9.17, 15) is 5.11 Å². The molecule has 1 aliphatic carbocycles. The Morgan fingerprint density at radius 3 is 3.00 bits per heavy atom. The van der Waals surface area contributed by atoms with Crippen molar-refractivity contribution < 1.29 is 5.11 Å². The minimum atomic E-state index is 0.354. The SMILES string of the molecule is Cc1nccn1CCNCC1CCCC1CO. The molecule has 0 spiro atoms. The smallest absolute Gasteiger partial charge is 0.105 e. The van der Waals surface area contributed by atoms with Crippen LogP contribution in [-0.2, 0) is 6.54 Å². The number of nitrogens with one attached hydrogen (secondary N) is 1. The molecular formula is C13H23N3O. The zero-order chi connectivity index (χ0) is 12.1. The minimum absolute atomic E-state index is 0.354. The molecule has 0 saturated heterocycles. The maximum Gasteiger partial charge on any atom is 0.105 e. The minimum Gasteiger partial charge on any atom is -0.396 e. The van der Waals surface area contributed by atoms with Crippen molar-refractivity contribution in [2.75, 3.05) is 19.7 Å². The number of hydrogen-bond donors (Lipinski definition) is 2. The molecular weight excluding hydrogens is 214 g/mol. The molecule has 1 heterocycles. The van der Waals surface area contributed by atoms with Gasteiger partial charge in [-0.15, -0.1) is 0 Å². The summed E-state index contributed by atoms with van der Waals surface area (Å²) < 4.78 is 2.16. The number of aryl methyl sites for hydroxylation is 1. The average molecular weight is 237 g/mol. The van der Waals surface area contributed by atoms with Gasteiger partial charge in [-0.3, -0.25) is 0 Å². The zero-order valence-electron chi connectivity index (χ0n) is 10.6. The highest BCUT2D eigenvalue weighted by Crippen LogP contribution is 2.30. The van der Waals surface area contributed by atoms with Gasteiger partial charge in [0.1, 0.15) is 5.82 Å². The van der Waals surface area contributed by atoms with Crippen LogP contribution in [0.4, 0.5) is 0 Å². The summed E-state index contributed by atoms with van der Waals surface area (Å²) in [6.45, 7) is 5.37. The molecule has 0 bridgehead atoms. The Labute approximate surface area is 103 Å². The molecule has 0 radical (unpaired) electrons. The van der Waals surface area contributed by atoms with Crippen LogP contribution < -0.4 is 5.32 Å². The molecule has 2 atom stereocenters. The van der Waals surface area contributed by atoms with Crippen LogP contribution in [0.25, 0.3) is 0 Å². The van der Waals surface area contributed by atoms with Gasteiger partial charge in [0, 0.05) is 32.1 Å². The molecule has 2 rings (SSSR count). The summed E-state index contributed by atoms with van der Waals surface area (Å²) in [6, 6.07) is 0. The van der Waals surface area contributed by atoms with E-state index in [1.165, 1.54) is 19.3 Å². The first-order valence-electron chi connectivity index (χ1n) is 6.60. The highest BCUT2D eigenvalue weighted by molar-refractivity contribution is 4.88. The van der Waals surface area contributed by atoms with E-state index in [-0.39, 0.29) is 0 Å². The van der Waals surface area contributed by atoms with Crippen molar-refractivity contribution in [1.29, 1.82) is 0 Å². The largest absolute Gasteiger partial charge is 0.396 e. The maximum atomic E-state index is 9.24. The standard InChI is InChI=1S/C13H23N3O/c1-11-15-6-8-16(11)7-5-14-9-12-3-2-4-13(12)10-17/h6,8,12-14,17H,2-5,7,9-10H2,1H3. The molecule has 1 aliphatic rings. The molecule has 2 N–H and O–H groups in total. The van der Waals surface area contributed by atoms with Crippen molar-refractivity contribution in [3.63, 3.8) is 0 Å². The molecule has 1 aromatic heterocycles. The van der Waals surface area contributed by atoms with Gasteiger partial charge in [0.05, 0.1) is 0 Å². The Bertz CT molecular complexity index is 337. The van der Waals surface area contributed by atoms with E-state index in [0.717, 1.165) is 25.5 Å². The Hall–Kier alpha value is -0.870. The lowest BCUT2D eigenvalue weighted by Crippen LogP contribution is -2.29. The highest BCUT2D eigenvalue weighted by Gasteiger charge is 2.25. The number of aliphatic hydroxyl groups excluding tert-OH is 1. The summed E-state index contributed by atoms with van der Waals surface area (Å²) in [7, 11) is 0. The number of imidazole rings is 1. The van der Waals surface area contributed by atoms with E-state index in [0.29, 0.717) is 18.4 Å². The summed E-state index contributed by atoms with van der Waals surface area (Å²) in [6.07, 6.45) is 7.60. The summed E-state index contributed by atoms with van der Waals surface area (Å²) in [5.74, 6) is 2.27. The molecule has 4 nitrogen and oxygen atoms in total. The molecule has 1 aromatic rings. The quantitative estimate of drug-likeness (QED) is 0.731. The predicted molar refractivity (Wildman–Crippen MR) is 67.8 cm³/mol. The van der Waals surface area contributed by atoms with Crippen molar-refractivity contribution in [3.8, 4) is 0 Å². The summed E-state index contributed by atoms with van der Waals surface area (Å²) in [4.78, 5) is 4.20. The van der Waals surface area contributed by atoms with Crippen molar-refractivity contribution >= 4 is 0 Å². The third-order valence-electron chi connectivity index (χ3n) is 3.91. The van der Waals surface area contributed by atoms with Crippen LogP contribution in [0.1, 0.15) is 25.1 Å². The molecule has 1 saturated carbocycles. The third kappa shape index (κ3) is 3.30. The first kappa shape index (κ1) is 12.6. The highest BCUT2D eigenvalue weighted by atomic mass is 16.3. The van der Waals surface area contributed by atoms with Gasteiger partial charge in [-0.25, -0.2) is 4.98 Å². The fourth-order valence-electron chi connectivity index (χ4n) is 2.75. The topological polar surface area (TPSA) is 50.1 Å². The monoisotopic (exact) mass is 237 g/mol. The lowest BCUT2D eigenvalue weighted by molar-refractivity contribution is 0.192. The molecule has 0 aromatic carbocycles. The number of hydrogen-bond acceptors (Lipinski definition) is 3. The van der Waals surface area contributed by atoms with Gasteiger partial charge in [-0.05, 0) is 38.1 Å². The van der Waals surface area contributed by atoms with Crippen LogP contribution in [0, 0.1) is 18.8 Å². The molecule has 96 valence electrons. The average Bonchev–Trinajstić information content (AvgIpc) is 2.93. The van der Waals surface area contributed by atoms with Gasteiger partial charge in [-0.2, -0.15) is 0 Å². The fraction of sp³-hybridized carbons (Fsp3) is 0.769. The van der Waals surface area contributed by atoms with E-state index in [1.54, 1.807) is 0 Å². The second kappa shape index (κ2) is 6.17. The molecule has 2 unspecified atom stereocenters. The number of aromatic nitrogens is 2. The summed E-state index contributed by atoms with van der Waals surface area (Å²) >= 11 is 0. The zero-order valence-corrected chi connectivity index (χ0v) is 10.6. The maximum absolute atomic E-state index is 9.24. The van der Waals surface area contributed by atoms with Crippen molar-refractivity contribution in [2.45, 2.75) is 32.7 Å². The van der Waals surface area contributed by atoms with Gasteiger partial charge in [0.15, 0.2) is 0 Å². The van der Waals surface area contributed by atoms with E-state index in [1.807, 2.05) is 19.3 Å². The lowest BCUT2D eigenvalue weighted by Gasteiger charge is -2.18. The Morgan fingerprint density at radius 2 is 2.29 bits per heavy atom. The second-order valence-corrected chi connectivity index (χ2v) is 5.01. The third-order valence-corrected chi connectivity index (χ3v) is 3.91. The molecule has 1 fully saturated rings. The van der Waals surface area contributed by atoms with Crippen LogP contribution in [0.5, 0.6) is 0 Å². The van der Waals surface area contributed by atoms with Crippen molar-refractivity contribution in [1.82, 2.24) is 14.9 Å². The van der Waals surface area contributed by atoms with E-state index in [4.69, 9.17) is 0 Å². The number of rotatable bonds is 6. The van der Waals surface area contributed by atoms with Crippen LogP contribution in [-0.4, -0.2) is 34.4 Å². The van der Waals surface area contributed by atoms with Gasteiger partial charge in [0.2, 0.25) is 0 Å². The van der Waals surface area contributed by atoms with E-state index in [2.05, 4.69) is 14.9 Å². The summed E-state index contributed by atoms with van der Waals surface area (Å²) in [5, 5.41) is 12.7.